The normalized spacial score (nSPS) is 17.2. The van der Waals surface area contributed by atoms with Crippen LogP contribution in [0, 0.1) is 5.92 Å². The summed E-state index contributed by atoms with van der Waals surface area (Å²) in [6.45, 7) is 6.18. The van der Waals surface area contributed by atoms with Gasteiger partial charge in [-0.25, -0.2) is 4.79 Å². The molecule has 0 spiro atoms. The molecule has 130 valence electrons. The largest absolute Gasteiger partial charge is 0.343 e. The van der Waals surface area contributed by atoms with Crippen molar-refractivity contribution in [2.24, 2.45) is 5.92 Å². The quantitative estimate of drug-likeness (QED) is 0.919. The van der Waals surface area contributed by atoms with Crippen molar-refractivity contribution < 1.29 is 14.4 Å². The number of nitrogens with zero attached hydrogens (tertiary/aromatic N) is 2. The van der Waals surface area contributed by atoms with Gasteiger partial charge in [0.2, 0.25) is 5.91 Å². The van der Waals surface area contributed by atoms with E-state index in [0.29, 0.717) is 31.7 Å². The maximum Gasteiger partial charge on any atom is 0.324 e. The van der Waals surface area contributed by atoms with Gasteiger partial charge in [0.1, 0.15) is 0 Å². The number of imide groups is 1. The number of nitrogens with one attached hydrogen (secondary N) is 1. The lowest BCUT2D eigenvalue weighted by Crippen LogP contribution is -2.50. The zero-order chi connectivity index (χ0) is 17.5. The number of benzene rings is 1. The summed E-state index contributed by atoms with van der Waals surface area (Å²) in [5.74, 6) is -0.513. The Kier molecular flexibility index (Phi) is 6.35. The second-order valence-corrected chi connectivity index (χ2v) is 5.92. The smallest absolute Gasteiger partial charge is 0.324 e. The van der Waals surface area contributed by atoms with E-state index in [4.69, 9.17) is 0 Å². The van der Waals surface area contributed by atoms with Crippen LogP contribution in [0.5, 0.6) is 0 Å². The Labute approximate surface area is 142 Å². The molecule has 1 N–H and O–H groups in total. The minimum absolute atomic E-state index is 0.0897. The predicted molar refractivity (Wildman–Crippen MR) is 91.5 cm³/mol. The van der Waals surface area contributed by atoms with Crippen LogP contribution in [0.3, 0.4) is 0 Å². The van der Waals surface area contributed by atoms with Crippen LogP contribution < -0.4 is 5.32 Å². The second kappa shape index (κ2) is 8.47. The molecule has 4 amide bonds. The van der Waals surface area contributed by atoms with Gasteiger partial charge in [-0.15, -0.1) is 0 Å². The van der Waals surface area contributed by atoms with Gasteiger partial charge in [0.05, 0.1) is 5.92 Å². The molecule has 0 aliphatic carbocycles. The summed E-state index contributed by atoms with van der Waals surface area (Å²) in [6.07, 6.45) is 1.55. The standard InChI is InChI=1S/C18H25N3O3/c1-3-20(4-2)17(23)15-11-8-12-21(13-15)18(24)19-16(22)14-9-6-5-7-10-14/h5-7,9-10,15H,3-4,8,11-13H2,1-2H3,(H,19,22,24). The molecule has 2 rings (SSSR count). The van der Waals surface area contributed by atoms with Crippen molar-refractivity contribution in [1.29, 1.82) is 0 Å². The van der Waals surface area contributed by atoms with Gasteiger partial charge in [-0.2, -0.15) is 0 Å². The van der Waals surface area contributed by atoms with Gasteiger partial charge in [0.15, 0.2) is 0 Å². The number of urea groups is 1. The van der Waals surface area contributed by atoms with Gasteiger partial charge < -0.3 is 9.80 Å². The fraction of sp³-hybridized carbons (Fsp3) is 0.500. The van der Waals surface area contributed by atoms with Gasteiger partial charge in [-0.1, -0.05) is 18.2 Å². The first kappa shape index (κ1) is 18.0. The molecule has 1 aromatic carbocycles. The molecule has 1 aliphatic rings. The molecule has 0 aromatic heterocycles. The molecule has 1 fully saturated rings. The van der Waals surface area contributed by atoms with E-state index < -0.39 is 11.9 Å². The third kappa shape index (κ3) is 4.34. The van der Waals surface area contributed by atoms with Crippen molar-refractivity contribution in [2.75, 3.05) is 26.2 Å². The fourth-order valence-corrected chi connectivity index (χ4v) is 2.99. The van der Waals surface area contributed by atoms with Crippen LogP contribution in [0.25, 0.3) is 0 Å². The molecule has 0 bridgehead atoms. The highest BCUT2D eigenvalue weighted by molar-refractivity contribution is 6.04. The topological polar surface area (TPSA) is 69.7 Å². The van der Waals surface area contributed by atoms with Crippen molar-refractivity contribution >= 4 is 17.8 Å². The minimum Gasteiger partial charge on any atom is -0.343 e. The Morgan fingerprint density at radius 2 is 1.83 bits per heavy atom. The van der Waals surface area contributed by atoms with Crippen LogP contribution >= 0.6 is 0 Å². The summed E-state index contributed by atoms with van der Waals surface area (Å²) in [4.78, 5) is 40.2. The lowest BCUT2D eigenvalue weighted by atomic mass is 9.96. The van der Waals surface area contributed by atoms with Crippen molar-refractivity contribution in [1.82, 2.24) is 15.1 Å². The molecular weight excluding hydrogens is 306 g/mol. The number of hydrogen-bond donors (Lipinski definition) is 1. The molecule has 0 radical (unpaired) electrons. The van der Waals surface area contributed by atoms with Gasteiger partial charge >= 0.3 is 6.03 Å². The van der Waals surface area contributed by atoms with Crippen LogP contribution in [0.4, 0.5) is 4.79 Å². The van der Waals surface area contributed by atoms with Gasteiger partial charge in [-0.3, -0.25) is 14.9 Å². The van der Waals surface area contributed by atoms with Gasteiger partial charge in [0, 0.05) is 31.7 Å². The third-order valence-electron chi connectivity index (χ3n) is 4.39. The molecular formula is C18H25N3O3. The summed E-state index contributed by atoms with van der Waals surface area (Å²) >= 11 is 0. The Morgan fingerprint density at radius 1 is 1.17 bits per heavy atom. The zero-order valence-corrected chi connectivity index (χ0v) is 14.3. The number of likely N-dealkylation sites (tertiary alicyclic amines) is 1. The zero-order valence-electron chi connectivity index (χ0n) is 14.3. The van der Waals surface area contributed by atoms with Crippen molar-refractivity contribution in [3.63, 3.8) is 0 Å². The molecule has 1 aromatic rings. The van der Waals surface area contributed by atoms with E-state index in [9.17, 15) is 14.4 Å². The fourth-order valence-electron chi connectivity index (χ4n) is 2.99. The first-order valence-corrected chi connectivity index (χ1v) is 8.50. The molecule has 1 unspecified atom stereocenters. The van der Waals surface area contributed by atoms with Crippen molar-refractivity contribution in [3.8, 4) is 0 Å². The Bertz CT molecular complexity index is 584. The monoisotopic (exact) mass is 331 g/mol. The van der Waals surface area contributed by atoms with Crippen molar-refractivity contribution in [2.45, 2.75) is 26.7 Å². The molecule has 6 nitrogen and oxygen atoms in total. The number of carbonyl (C=O) groups excluding carboxylic acids is 3. The highest BCUT2D eigenvalue weighted by Gasteiger charge is 2.31. The van der Waals surface area contributed by atoms with E-state index in [1.807, 2.05) is 19.9 Å². The minimum atomic E-state index is -0.430. The van der Waals surface area contributed by atoms with Crippen LogP contribution in [0.15, 0.2) is 30.3 Å². The number of rotatable bonds is 4. The molecule has 0 saturated carbocycles. The Morgan fingerprint density at radius 3 is 2.46 bits per heavy atom. The first-order valence-electron chi connectivity index (χ1n) is 8.50. The highest BCUT2D eigenvalue weighted by Crippen LogP contribution is 2.19. The third-order valence-corrected chi connectivity index (χ3v) is 4.39. The van der Waals surface area contributed by atoms with Crippen molar-refractivity contribution in [3.05, 3.63) is 35.9 Å². The number of hydrogen-bond acceptors (Lipinski definition) is 3. The van der Waals surface area contributed by atoms with Gasteiger partial charge in [0.25, 0.3) is 5.91 Å². The summed E-state index contributed by atoms with van der Waals surface area (Å²) < 4.78 is 0. The molecule has 1 aliphatic heterocycles. The van der Waals surface area contributed by atoms with Crippen LogP contribution in [0.2, 0.25) is 0 Å². The Balaban J connectivity index is 1.95. The van der Waals surface area contributed by atoms with Crippen LogP contribution in [-0.4, -0.2) is 53.8 Å². The van der Waals surface area contributed by atoms with Crippen LogP contribution in [-0.2, 0) is 4.79 Å². The lowest BCUT2D eigenvalue weighted by molar-refractivity contribution is -0.136. The molecule has 6 heteroatoms. The molecule has 1 atom stereocenters. The molecule has 24 heavy (non-hydrogen) atoms. The summed E-state index contributed by atoms with van der Waals surface area (Å²) in [7, 11) is 0. The summed E-state index contributed by atoms with van der Waals surface area (Å²) in [5.41, 5.74) is 0.443. The number of amides is 4. The van der Waals surface area contributed by atoms with E-state index >= 15 is 0 Å². The van der Waals surface area contributed by atoms with E-state index in [0.717, 1.165) is 12.8 Å². The number of piperidine rings is 1. The first-order chi connectivity index (χ1) is 11.6. The highest BCUT2D eigenvalue weighted by atomic mass is 16.2. The summed E-state index contributed by atoms with van der Waals surface area (Å²) in [6, 6.07) is 8.20. The van der Waals surface area contributed by atoms with Crippen LogP contribution in [0.1, 0.15) is 37.0 Å². The Hall–Kier alpha value is -2.37. The van der Waals surface area contributed by atoms with E-state index in [2.05, 4.69) is 5.32 Å². The van der Waals surface area contributed by atoms with E-state index in [1.54, 1.807) is 34.1 Å². The predicted octanol–water partition coefficient (Wildman–Crippen LogP) is 2.12. The second-order valence-electron chi connectivity index (χ2n) is 5.92. The average molecular weight is 331 g/mol. The molecule has 1 saturated heterocycles. The summed E-state index contributed by atoms with van der Waals surface area (Å²) in [5, 5.41) is 2.41. The molecule has 1 heterocycles. The van der Waals surface area contributed by atoms with Gasteiger partial charge in [-0.05, 0) is 38.8 Å². The number of carbonyl (C=O) groups is 3. The maximum atomic E-state index is 12.5. The van der Waals surface area contributed by atoms with E-state index in [-0.39, 0.29) is 11.8 Å². The average Bonchev–Trinajstić information content (AvgIpc) is 2.63. The van der Waals surface area contributed by atoms with E-state index in [1.165, 1.54) is 0 Å². The lowest BCUT2D eigenvalue weighted by Gasteiger charge is -2.34. The SMILES string of the molecule is CCN(CC)C(=O)C1CCCN(C(=O)NC(=O)c2ccccc2)C1. The maximum absolute atomic E-state index is 12.5.